The molecule has 1 aromatic rings. The molecule has 15 heavy (non-hydrogen) atoms. The number of carbonyl (C=O) groups is 1. The zero-order valence-electron chi connectivity index (χ0n) is 9.03. The lowest BCUT2D eigenvalue weighted by molar-refractivity contribution is -0.174. The monoisotopic (exact) mass is 204 g/mol. The molecular formula is C13H16O2. The van der Waals surface area contributed by atoms with Crippen LogP contribution in [-0.4, -0.2) is 12.6 Å². The van der Waals surface area contributed by atoms with Crippen LogP contribution in [0.5, 0.6) is 0 Å². The average Bonchev–Trinajstić information content (AvgIpc) is 2.29. The molecule has 2 nitrogen and oxygen atoms in total. The fraction of sp³-hybridized carbons (Fsp3) is 0.462. The van der Waals surface area contributed by atoms with E-state index in [1.807, 2.05) is 30.3 Å². The Labute approximate surface area is 90.3 Å². The van der Waals surface area contributed by atoms with E-state index in [2.05, 4.69) is 6.92 Å². The van der Waals surface area contributed by atoms with Crippen molar-refractivity contribution >= 4 is 5.97 Å². The summed E-state index contributed by atoms with van der Waals surface area (Å²) in [5.41, 5.74) is 0.770. The lowest BCUT2D eigenvalue weighted by atomic mass is 9.74. The second-order valence-corrected chi connectivity index (χ2v) is 4.13. The number of hydrogen-bond acceptors (Lipinski definition) is 2. The zero-order valence-corrected chi connectivity index (χ0v) is 9.03. The van der Waals surface area contributed by atoms with Crippen LogP contribution < -0.4 is 0 Å². The molecule has 1 aromatic carbocycles. The van der Waals surface area contributed by atoms with Gasteiger partial charge in [0.05, 0.1) is 0 Å². The van der Waals surface area contributed by atoms with Crippen molar-refractivity contribution in [2.75, 3.05) is 6.61 Å². The van der Waals surface area contributed by atoms with Crippen LogP contribution in [0.25, 0.3) is 0 Å². The molecule has 1 fully saturated rings. The van der Waals surface area contributed by atoms with Gasteiger partial charge in [0.15, 0.2) is 0 Å². The Morgan fingerprint density at radius 1 is 1.33 bits per heavy atom. The summed E-state index contributed by atoms with van der Waals surface area (Å²) >= 11 is 0. The largest absolute Gasteiger partial charge is 0.463 e. The van der Waals surface area contributed by atoms with Crippen molar-refractivity contribution in [1.82, 2.24) is 0 Å². The van der Waals surface area contributed by atoms with E-state index in [0.717, 1.165) is 24.8 Å². The summed E-state index contributed by atoms with van der Waals surface area (Å²) in [5, 5.41) is 0. The first-order valence-corrected chi connectivity index (χ1v) is 5.52. The van der Waals surface area contributed by atoms with Crippen LogP contribution in [0.3, 0.4) is 0 Å². The van der Waals surface area contributed by atoms with Gasteiger partial charge in [0.25, 0.3) is 0 Å². The van der Waals surface area contributed by atoms with Crippen molar-refractivity contribution in [3.8, 4) is 0 Å². The van der Waals surface area contributed by atoms with Crippen molar-refractivity contribution < 1.29 is 9.53 Å². The molecule has 2 rings (SSSR count). The van der Waals surface area contributed by atoms with E-state index >= 15 is 0 Å². The van der Waals surface area contributed by atoms with Gasteiger partial charge in [0.2, 0.25) is 0 Å². The van der Waals surface area contributed by atoms with Gasteiger partial charge in [-0.1, -0.05) is 50.1 Å². The van der Waals surface area contributed by atoms with Gasteiger partial charge in [0.1, 0.15) is 12.0 Å². The molecule has 0 radical (unpaired) electrons. The van der Waals surface area contributed by atoms with Gasteiger partial charge < -0.3 is 4.74 Å². The minimum atomic E-state index is -0.336. The van der Waals surface area contributed by atoms with Crippen molar-refractivity contribution in [3.05, 3.63) is 35.9 Å². The summed E-state index contributed by atoms with van der Waals surface area (Å²) in [4.78, 5) is 11.6. The van der Waals surface area contributed by atoms with E-state index in [4.69, 9.17) is 4.74 Å². The summed E-state index contributed by atoms with van der Waals surface area (Å²) < 4.78 is 4.96. The Bertz CT molecular complexity index is 345. The van der Waals surface area contributed by atoms with Crippen LogP contribution in [0.2, 0.25) is 0 Å². The van der Waals surface area contributed by atoms with Crippen LogP contribution in [0.4, 0.5) is 0 Å². The minimum absolute atomic E-state index is 0.0536. The second-order valence-electron chi connectivity index (χ2n) is 4.13. The van der Waals surface area contributed by atoms with Gasteiger partial charge in [-0.25, -0.2) is 0 Å². The highest BCUT2D eigenvalue weighted by Gasteiger charge is 2.49. The molecule has 0 saturated carbocycles. The van der Waals surface area contributed by atoms with Gasteiger partial charge in [-0.2, -0.15) is 0 Å². The number of benzene rings is 1. The molecule has 1 atom stereocenters. The molecule has 1 unspecified atom stereocenters. The maximum atomic E-state index is 11.6. The molecule has 0 N–H and O–H groups in total. The molecule has 2 heteroatoms. The minimum Gasteiger partial charge on any atom is -0.463 e. The molecule has 0 bridgehead atoms. The molecule has 0 spiro atoms. The molecule has 0 aromatic heterocycles. The van der Waals surface area contributed by atoms with E-state index in [0.29, 0.717) is 6.61 Å². The predicted molar refractivity (Wildman–Crippen MR) is 58.6 cm³/mol. The molecule has 1 saturated heterocycles. The third-order valence-corrected chi connectivity index (χ3v) is 3.12. The first-order chi connectivity index (χ1) is 7.29. The summed E-state index contributed by atoms with van der Waals surface area (Å²) in [7, 11) is 0. The first kappa shape index (κ1) is 10.2. The lowest BCUT2D eigenvalue weighted by Gasteiger charge is -2.39. The Morgan fingerprint density at radius 3 is 2.53 bits per heavy atom. The maximum Gasteiger partial charge on any atom is 0.320 e. The van der Waals surface area contributed by atoms with Gasteiger partial charge >= 0.3 is 5.97 Å². The standard InChI is InChI=1S/C13H16O2/c1-2-3-9-13(10-15-12(13)14)11-7-5-4-6-8-11/h4-8H,2-3,9-10H2,1H3. The highest BCUT2D eigenvalue weighted by molar-refractivity contribution is 5.88. The van der Waals surface area contributed by atoms with Gasteiger partial charge in [-0.05, 0) is 12.0 Å². The van der Waals surface area contributed by atoms with E-state index in [9.17, 15) is 4.79 Å². The summed E-state index contributed by atoms with van der Waals surface area (Å²) in [6, 6.07) is 9.98. The van der Waals surface area contributed by atoms with Crippen molar-refractivity contribution in [2.24, 2.45) is 0 Å². The average molecular weight is 204 g/mol. The lowest BCUT2D eigenvalue weighted by Crippen LogP contribution is -2.51. The summed E-state index contributed by atoms with van der Waals surface area (Å²) in [6.45, 7) is 2.69. The van der Waals surface area contributed by atoms with E-state index < -0.39 is 0 Å². The predicted octanol–water partition coefficient (Wildman–Crippen LogP) is 2.67. The van der Waals surface area contributed by atoms with Crippen molar-refractivity contribution in [1.29, 1.82) is 0 Å². The molecule has 0 aliphatic carbocycles. The van der Waals surface area contributed by atoms with Crippen molar-refractivity contribution in [2.45, 2.75) is 31.6 Å². The summed E-state index contributed by atoms with van der Waals surface area (Å²) in [6.07, 6.45) is 3.10. The Hall–Kier alpha value is -1.31. The smallest absolute Gasteiger partial charge is 0.320 e. The SMILES string of the molecule is CCCCC1(c2ccccc2)COC1=O. The topological polar surface area (TPSA) is 26.3 Å². The number of cyclic esters (lactones) is 1. The first-order valence-electron chi connectivity index (χ1n) is 5.52. The molecular weight excluding hydrogens is 188 g/mol. The van der Waals surface area contributed by atoms with Gasteiger partial charge in [-0.3, -0.25) is 4.79 Å². The fourth-order valence-electron chi connectivity index (χ4n) is 2.06. The van der Waals surface area contributed by atoms with Gasteiger partial charge in [0, 0.05) is 0 Å². The van der Waals surface area contributed by atoms with Crippen LogP contribution in [0.15, 0.2) is 30.3 Å². The number of esters is 1. The second kappa shape index (κ2) is 4.05. The highest BCUT2D eigenvalue weighted by atomic mass is 16.6. The molecule has 80 valence electrons. The number of ether oxygens (including phenoxy) is 1. The number of hydrogen-bond donors (Lipinski definition) is 0. The number of unbranched alkanes of at least 4 members (excludes halogenated alkanes) is 1. The number of rotatable bonds is 4. The quantitative estimate of drug-likeness (QED) is 0.705. The third-order valence-electron chi connectivity index (χ3n) is 3.12. The third kappa shape index (κ3) is 1.65. The number of carbonyl (C=O) groups excluding carboxylic acids is 1. The zero-order chi connectivity index (χ0) is 10.7. The fourth-order valence-corrected chi connectivity index (χ4v) is 2.06. The Balaban J connectivity index is 2.24. The van der Waals surface area contributed by atoms with E-state index in [1.165, 1.54) is 0 Å². The molecule has 1 aliphatic heterocycles. The Kier molecular flexibility index (Phi) is 2.76. The van der Waals surface area contributed by atoms with E-state index in [-0.39, 0.29) is 11.4 Å². The highest BCUT2D eigenvalue weighted by Crippen LogP contribution is 2.38. The summed E-state index contributed by atoms with van der Waals surface area (Å²) in [5.74, 6) is -0.0536. The Morgan fingerprint density at radius 2 is 2.07 bits per heavy atom. The van der Waals surface area contributed by atoms with Crippen LogP contribution in [0.1, 0.15) is 31.7 Å². The normalized spacial score (nSPS) is 24.5. The van der Waals surface area contributed by atoms with Crippen molar-refractivity contribution in [3.63, 3.8) is 0 Å². The molecule has 1 heterocycles. The van der Waals surface area contributed by atoms with Crippen LogP contribution in [0, 0.1) is 0 Å². The maximum absolute atomic E-state index is 11.6. The molecule has 1 aliphatic rings. The molecule has 0 amide bonds. The van der Waals surface area contributed by atoms with Crippen LogP contribution >= 0.6 is 0 Å². The van der Waals surface area contributed by atoms with Gasteiger partial charge in [-0.15, -0.1) is 0 Å². The van der Waals surface area contributed by atoms with Crippen LogP contribution in [-0.2, 0) is 14.9 Å². The van der Waals surface area contributed by atoms with E-state index in [1.54, 1.807) is 0 Å².